The van der Waals surface area contributed by atoms with E-state index in [2.05, 4.69) is 15.8 Å². The van der Waals surface area contributed by atoms with E-state index in [0.717, 1.165) is 25.1 Å². The maximum Gasteiger partial charge on any atom is 0.256 e. The lowest BCUT2D eigenvalue weighted by atomic mass is 9.99. The lowest BCUT2D eigenvalue weighted by Gasteiger charge is -2.21. The van der Waals surface area contributed by atoms with Gasteiger partial charge in [0.1, 0.15) is 17.5 Å². The first-order valence-electron chi connectivity index (χ1n) is 5.22. The summed E-state index contributed by atoms with van der Waals surface area (Å²) in [5.74, 6) is -0.140. The quantitative estimate of drug-likeness (QED) is 0.757. The lowest BCUT2D eigenvalue weighted by Crippen LogP contribution is -2.29. The van der Waals surface area contributed by atoms with Crippen molar-refractivity contribution >= 4 is 5.91 Å². The zero-order valence-electron chi connectivity index (χ0n) is 8.75. The van der Waals surface area contributed by atoms with Crippen LogP contribution in [0.4, 0.5) is 0 Å². The molecule has 0 bridgehead atoms. The van der Waals surface area contributed by atoms with Crippen LogP contribution in [0, 0.1) is 0 Å². The Balaban J connectivity index is 2.19. The summed E-state index contributed by atoms with van der Waals surface area (Å²) in [5.41, 5.74) is 1.27. The van der Waals surface area contributed by atoms with Gasteiger partial charge in [0, 0.05) is 7.05 Å². The van der Waals surface area contributed by atoms with E-state index >= 15 is 0 Å². The van der Waals surface area contributed by atoms with Gasteiger partial charge in [0.15, 0.2) is 0 Å². The number of nitrogens with zero attached hydrogens (tertiary/aromatic N) is 1. The molecule has 5 nitrogen and oxygen atoms in total. The molecular formula is C10H15N3O2. The molecule has 1 amide bonds. The van der Waals surface area contributed by atoms with Gasteiger partial charge in [-0.15, -0.1) is 0 Å². The van der Waals surface area contributed by atoms with Crippen molar-refractivity contribution in [1.29, 1.82) is 0 Å². The summed E-state index contributed by atoms with van der Waals surface area (Å²) < 4.78 is 4.87. The third kappa shape index (κ3) is 2.02. The average Bonchev–Trinajstić information content (AvgIpc) is 2.78. The molecule has 0 spiro atoms. The fourth-order valence-electron chi connectivity index (χ4n) is 1.89. The number of hydrogen-bond donors (Lipinski definition) is 2. The van der Waals surface area contributed by atoms with E-state index in [0.29, 0.717) is 5.56 Å². The molecule has 2 N–H and O–H groups in total. The molecular weight excluding hydrogens is 194 g/mol. The molecule has 5 heteroatoms. The van der Waals surface area contributed by atoms with Crippen molar-refractivity contribution in [3.8, 4) is 0 Å². The van der Waals surface area contributed by atoms with Gasteiger partial charge in [-0.3, -0.25) is 4.79 Å². The van der Waals surface area contributed by atoms with E-state index in [9.17, 15) is 4.79 Å². The van der Waals surface area contributed by atoms with Crippen molar-refractivity contribution in [2.45, 2.75) is 25.3 Å². The fourth-order valence-corrected chi connectivity index (χ4v) is 1.89. The molecule has 0 unspecified atom stereocenters. The molecule has 0 aliphatic carbocycles. The van der Waals surface area contributed by atoms with E-state index in [4.69, 9.17) is 4.52 Å². The summed E-state index contributed by atoms with van der Waals surface area (Å²) in [6.45, 7) is 0.977. The molecule has 0 aromatic carbocycles. The summed E-state index contributed by atoms with van der Waals surface area (Å²) in [4.78, 5) is 11.5. The van der Waals surface area contributed by atoms with Gasteiger partial charge in [-0.25, -0.2) is 0 Å². The van der Waals surface area contributed by atoms with E-state index in [1.54, 1.807) is 7.05 Å². The number of hydrogen-bond acceptors (Lipinski definition) is 4. The van der Waals surface area contributed by atoms with Gasteiger partial charge in [0.2, 0.25) is 0 Å². The second-order valence-electron chi connectivity index (χ2n) is 3.70. The van der Waals surface area contributed by atoms with Crippen LogP contribution in [0.15, 0.2) is 10.8 Å². The zero-order chi connectivity index (χ0) is 10.7. The fraction of sp³-hybridized carbons (Fsp3) is 0.600. The second-order valence-corrected chi connectivity index (χ2v) is 3.70. The number of amides is 1. The monoisotopic (exact) mass is 209 g/mol. The lowest BCUT2D eigenvalue weighted by molar-refractivity contribution is 0.0960. The van der Waals surface area contributed by atoms with Gasteiger partial charge in [0.05, 0.1) is 6.04 Å². The highest BCUT2D eigenvalue weighted by Crippen LogP contribution is 2.24. The van der Waals surface area contributed by atoms with E-state index in [1.807, 2.05) is 0 Å². The number of carbonyl (C=O) groups excluding carboxylic acids is 1. The van der Waals surface area contributed by atoms with Crippen molar-refractivity contribution in [2.24, 2.45) is 0 Å². The normalized spacial score (nSPS) is 21.3. The Morgan fingerprint density at radius 1 is 1.67 bits per heavy atom. The molecule has 0 saturated carbocycles. The molecule has 1 aliphatic heterocycles. The molecule has 2 heterocycles. The molecule has 1 aromatic heterocycles. The van der Waals surface area contributed by atoms with Crippen molar-refractivity contribution in [2.75, 3.05) is 13.6 Å². The number of carbonyl (C=O) groups is 1. The Morgan fingerprint density at radius 3 is 3.20 bits per heavy atom. The minimum absolute atomic E-state index is 0.140. The van der Waals surface area contributed by atoms with E-state index in [1.165, 1.54) is 12.7 Å². The van der Waals surface area contributed by atoms with Crippen LogP contribution in [0.5, 0.6) is 0 Å². The van der Waals surface area contributed by atoms with Crippen LogP contribution in [0.3, 0.4) is 0 Å². The number of piperidine rings is 1. The summed E-state index contributed by atoms with van der Waals surface area (Å²) >= 11 is 0. The van der Waals surface area contributed by atoms with Gasteiger partial charge >= 0.3 is 0 Å². The van der Waals surface area contributed by atoms with Crippen LogP contribution in [-0.4, -0.2) is 24.7 Å². The van der Waals surface area contributed by atoms with Crippen LogP contribution >= 0.6 is 0 Å². The highest BCUT2D eigenvalue weighted by atomic mass is 16.5. The highest BCUT2D eigenvalue weighted by molar-refractivity contribution is 5.94. The molecule has 1 aliphatic rings. The maximum absolute atomic E-state index is 11.5. The van der Waals surface area contributed by atoms with Crippen LogP contribution in [0.1, 0.15) is 41.4 Å². The standard InChI is InChI=1S/C10H15N3O2/c1-11-10(14)7-6-15-13-9(7)8-4-2-3-5-12-8/h6,8,12H,2-5H2,1H3,(H,11,14)/t8-/m1/s1. The minimum atomic E-state index is -0.140. The molecule has 15 heavy (non-hydrogen) atoms. The summed E-state index contributed by atoms with van der Waals surface area (Å²) in [6.07, 6.45) is 4.77. The first kappa shape index (κ1) is 10.2. The van der Waals surface area contributed by atoms with Crippen molar-refractivity contribution in [3.05, 3.63) is 17.5 Å². The zero-order valence-corrected chi connectivity index (χ0v) is 8.75. The van der Waals surface area contributed by atoms with Crippen LogP contribution in [0.25, 0.3) is 0 Å². The van der Waals surface area contributed by atoms with Crippen LogP contribution < -0.4 is 10.6 Å². The van der Waals surface area contributed by atoms with Crippen LogP contribution in [0.2, 0.25) is 0 Å². The Hall–Kier alpha value is -1.36. The highest BCUT2D eigenvalue weighted by Gasteiger charge is 2.24. The van der Waals surface area contributed by atoms with Gasteiger partial charge in [0.25, 0.3) is 5.91 Å². The van der Waals surface area contributed by atoms with Gasteiger partial charge in [-0.05, 0) is 19.4 Å². The minimum Gasteiger partial charge on any atom is -0.364 e. The number of nitrogens with one attached hydrogen (secondary N) is 2. The third-order valence-electron chi connectivity index (χ3n) is 2.71. The largest absolute Gasteiger partial charge is 0.364 e. The molecule has 1 aromatic rings. The Labute approximate surface area is 88.2 Å². The summed E-state index contributed by atoms with van der Waals surface area (Å²) in [5, 5.41) is 9.83. The summed E-state index contributed by atoms with van der Waals surface area (Å²) in [7, 11) is 1.60. The van der Waals surface area contributed by atoms with Crippen molar-refractivity contribution < 1.29 is 9.32 Å². The molecule has 82 valence electrons. The van der Waals surface area contributed by atoms with Crippen molar-refractivity contribution in [3.63, 3.8) is 0 Å². The number of aromatic nitrogens is 1. The number of rotatable bonds is 2. The predicted octanol–water partition coefficient (Wildman–Crippen LogP) is 0.849. The SMILES string of the molecule is CNC(=O)c1conc1[C@H]1CCCCN1. The molecule has 0 radical (unpaired) electrons. The third-order valence-corrected chi connectivity index (χ3v) is 2.71. The second kappa shape index (κ2) is 4.44. The average molecular weight is 209 g/mol. The molecule has 2 rings (SSSR count). The van der Waals surface area contributed by atoms with E-state index < -0.39 is 0 Å². The van der Waals surface area contributed by atoms with Crippen LogP contribution in [-0.2, 0) is 0 Å². The Morgan fingerprint density at radius 2 is 2.53 bits per heavy atom. The van der Waals surface area contributed by atoms with Gasteiger partial charge < -0.3 is 15.2 Å². The van der Waals surface area contributed by atoms with E-state index in [-0.39, 0.29) is 11.9 Å². The Kier molecular flexibility index (Phi) is 3.01. The topological polar surface area (TPSA) is 67.2 Å². The maximum atomic E-state index is 11.5. The van der Waals surface area contributed by atoms with Gasteiger partial charge in [-0.2, -0.15) is 0 Å². The molecule has 1 saturated heterocycles. The summed E-state index contributed by atoms with van der Waals surface area (Å²) in [6, 6.07) is 0.157. The first-order chi connectivity index (χ1) is 7.33. The molecule has 1 fully saturated rings. The molecule has 1 atom stereocenters. The Bertz CT molecular complexity index is 342. The predicted molar refractivity (Wildman–Crippen MR) is 54.5 cm³/mol. The van der Waals surface area contributed by atoms with Crippen molar-refractivity contribution in [1.82, 2.24) is 15.8 Å². The van der Waals surface area contributed by atoms with Gasteiger partial charge in [-0.1, -0.05) is 11.6 Å². The first-order valence-corrected chi connectivity index (χ1v) is 5.22. The smallest absolute Gasteiger partial charge is 0.256 e.